The third-order valence-corrected chi connectivity index (χ3v) is 4.43. The van der Waals surface area contributed by atoms with E-state index in [1.165, 1.54) is 23.6 Å². The van der Waals surface area contributed by atoms with Crippen LogP contribution in [0.2, 0.25) is 0 Å². The van der Waals surface area contributed by atoms with Crippen LogP contribution in [0.4, 0.5) is 29.8 Å². The zero-order valence-electron chi connectivity index (χ0n) is 12.7. The summed E-state index contributed by atoms with van der Waals surface area (Å²) in [6, 6.07) is 4.26. The molecule has 0 aliphatic carbocycles. The summed E-state index contributed by atoms with van der Waals surface area (Å²) in [7, 11) is 0. The summed E-state index contributed by atoms with van der Waals surface area (Å²) in [5.74, 6) is 0.368. The number of alkyl halides is 3. The van der Waals surface area contributed by atoms with Gasteiger partial charge in [-0.1, -0.05) is 6.07 Å². The first-order valence-corrected chi connectivity index (χ1v) is 8.28. The number of nitrogens with zero attached hydrogens (tertiary/aromatic N) is 3. The Bertz CT molecular complexity index is 735. The second-order valence-electron chi connectivity index (χ2n) is 5.42. The first-order chi connectivity index (χ1) is 11.4. The predicted molar refractivity (Wildman–Crippen MR) is 90.6 cm³/mol. The minimum Gasteiger partial charge on any atom is -0.383 e. The third-order valence-electron chi connectivity index (χ3n) is 3.67. The van der Waals surface area contributed by atoms with Crippen molar-refractivity contribution in [1.29, 1.82) is 0 Å². The number of aromatic nitrogens is 1. The predicted octanol–water partition coefficient (Wildman–Crippen LogP) is 3.79. The molecule has 24 heavy (non-hydrogen) atoms. The van der Waals surface area contributed by atoms with Crippen LogP contribution in [0.5, 0.6) is 0 Å². The van der Waals surface area contributed by atoms with Crippen molar-refractivity contribution in [3.8, 4) is 0 Å². The van der Waals surface area contributed by atoms with Crippen LogP contribution in [0.15, 0.2) is 28.7 Å². The number of rotatable bonds is 4. The Balaban J connectivity index is 1.81. The molecule has 3 rings (SSSR count). The number of benzene rings is 1. The number of hydrogen-bond acceptors (Lipinski definition) is 6. The Hall–Kier alpha value is -2.29. The van der Waals surface area contributed by atoms with Crippen molar-refractivity contribution in [2.24, 2.45) is 5.10 Å². The van der Waals surface area contributed by atoms with Gasteiger partial charge in [-0.25, -0.2) is 4.98 Å². The molecule has 0 radical (unpaired) electrons. The summed E-state index contributed by atoms with van der Waals surface area (Å²) in [4.78, 5) is 5.73. The van der Waals surface area contributed by atoms with E-state index in [1.54, 1.807) is 16.3 Å². The van der Waals surface area contributed by atoms with Crippen molar-refractivity contribution in [3.05, 3.63) is 34.7 Å². The molecule has 1 aromatic heterocycles. The molecule has 0 amide bonds. The minimum absolute atomic E-state index is 0.234. The molecule has 0 spiro atoms. The molecule has 9 heteroatoms. The molecule has 128 valence electrons. The molecule has 0 atom stereocenters. The molecule has 0 bridgehead atoms. The standard InChI is InChI=1S/C15H16F3N5S/c16-15(17,18)11-7-10(3-4-12(11)23-5-1-2-6-23)8-20-22-14-21-13(19)9-24-14/h3-4,7-9H,1-2,5-6,19H2,(H,21,22). The third kappa shape index (κ3) is 3.78. The molecule has 0 unspecified atom stereocenters. The van der Waals surface area contributed by atoms with Crippen LogP contribution >= 0.6 is 11.3 Å². The Morgan fingerprint density at radius 1 is 1.29 bits per heavy atom. The molecule has 3 N–H and O–H groups in total. The number of hydrazone groups is 1. The maximum absolute atomic E-state index is 13.4. The van der Waals surface area contributed by atoms with Crippen LogP contribution in [-0.4, -0.2) is 24.3 Å². The fraction of sp³-hybridized carbons (Fsp3) is 0.333. The van der Waals surface area contributed by atoms with Crippen LogP contribution in [0.1, 0.15) is 24.0 Å². The van der Waals surface area contributed by atoms with E-state index in [1.807, 2.05) is 0 Å². The first kappa shape index (κ1) is 16.6. The van der Waals surface area contributed by atoms with Gasteiger partial charge < -0.3 is 10.6 Å². The number of anilines is 3. The van der Waals surface area contributed by atoms with E-state index in [4.69, 9.17) is 5.73 Å². The zero-order valence-corrected chi connectivity index (χ0v) is 13.5. The average Bonchev–Trinajstić information content (AvgIpc) is 3.18. The molecule has 1 aliphatic rings. The van der Waals surface area contributed by atoms with Crippen LogP contribution < -0.4 is 16.1 Å². The van der Waals surface area contributed by atoms with Gasteiger partial charge in [0, 0.05) is 24.2 Å². The molecular formula is C15H16F3N5S. The van der Waals surface area contributed by atoms with Crippen molar-refractivity contribution in [1.82, 2.24) is 4.98 Å². The lowest BCUT2D eigenvalue weighted by atomic mass is 10.1. The van der Waals surface area contributed by atoms with E-state index in [0.717, 1.165) is 18.9 Å². The second-order valence-corrected chi connectivity index (χ2v) is 6.27. The van der Waals surface area contributed by atoms with Gasteiger partial charge >= 0.3 is 6.18 Å². The molecule has 1 saturated heterocycles. The van der Waals surface area contributed by atoms with E-state index >= 15 is 0 Å². The van der Waals surface area contributed by atoms with Gasteiger partial charge in [0.25, 0.3) is 0 Å². The lowest BCUT2D eigenvalue weighted by molar-refractivity contribution is -0.137. The van der Waals surface area contributed by atoms with Crippen molar-refractivity contribution in [2.75, 3.05) is 29.1 Å². The largest absolute Gasteiger partial charge is 0.418 e. The Morgan fingerprint density at radius 2 is 2.04 bits per heavy atom. The summed E-state index contributed by atoms with van der Waals surface area (Å²) in [6.07, 6.45) is -1.23. The van der Waals surface area contributed by atoms with Gasteiger partial charge in [0.05, 0.1) is 11.8 Å². The van der Waals surface area contributed by atoms with Crippen molar-refractivity contribution in [2.45, 2.75) is 19.0 Å². The summed E-state index contributed by atoms with van der Waals surface area (Å²) in [5.41, 5.74) is 8.10. The summed E-state index contributed by atoms with van der Waals surface area (Å²) in [5, 5.41) is 6.04. The molecule has 5 nitrogen and oxygen atoms in total. The lowest BCUT2D eigenvalue weighted by Gasteiger charge is -2.23. The van der Waals surface area contributed by atoms with E-state index in [-0.39, 0.29) is 5.69 Å². The van der Waals surface area contributed by atoms with E-state index in [9.17, 15) is 13.2 Å². The van der Waals surface area contributed by atoms with Crippen LogP contribution in [0, 0.1) is 0 Å². The summed E-state index contributed by atoms with van der Waals surface area (Å²) < 4.78 is 40.1. The molecule has 1 fully saturated rings. The van der Waals surface area contributed by atoms with E-state index < -0.39 is 11.7 Å². The summed E-state index contributed by atoms with van der Waals surface area (Å²) >= 11 is 1.26. The van der Waals surface area contributed by atoms with Gasteiger partial charge in [-0.2, -0.15) is 18.3 Å². The van der Waals surface area contributed by atoms with Gasteiger partial charge in [0.2, 0.25) is 5.13 Å². The van der Waals surface area contributed by atoms with Crippen molar-refractivity contribution < 1.29 is 13.2 Å². The highest BCUT2D eigenvalue weighted by molar-refractivity contribution is 7.14. The fourth-order valence-corrected chi connectivity index (χ4v) is 3.14. The van der Waals surface area contributed by atoms with Gasteiger partial charge in [-0.3, -0.25) is 5.43 Å². The highest BCUT2D eigenvalue weighted by atomic mass is 32.1. The number of thiazole rings is 1. The van der Waals surface area contributed by atoms with E-state index in [2.05, 4.69) is 15.5 Å². The highest BCUT2D eigenvalue weighted by Crippen LogP contribution is 2.38. The maximum Gasteiger partial charge on any atom is 0.418 e. The van der Waals surface area contributed by atoms with Gasteiger partial charge in [0.1, 0.15) is 5.82 Å². The number of nitrogens with two attached hydrogens (primary N) is 1. The summed E-state index contributed by atoms with van der Waals surface area (Å²) in [6.45, 7) is 1.31. The van der Waals surface area contributed by atoms with E-state index in [0.29, 0.717) is 29.6 Å². The molecule has 0 saturated carbocycles. The molecule has 2 aromatic rings. The second kappa shape index (κ2) is 6.68. The van der Waals surface area contributed by atoms with Gasteiger partial charge in [-0.05, 0) is 30.5 Å². The van der Waals surface area contributed by atoms with Crippen LogP contribution in [0.3, 0.4) is 0 Å². The molecule has 1 aromatic carbocycles. The van der Waals surface area contributed by atoms with Crippen LogP contribution in [0.25, 0.3) is 0 Å². The van der Waals surface area contributed by atoms with Crippen LogP contribution in [-0.2, 0) is 6.18 Å². The fourth-order valence-electron chi connectivity index (χ4n) is 2.59. The van der Waals surface area contributed by atoms with Crippen molar-refractivity contribution >= 4 is 34.2 Å². The first-order valence-electron chi connectivity index (χ1n) is 7.40. The zero-order chi connectivity index (χ0) is 17.2. The Kier molecular flexibility index (Phi) is 4.61. The molecular weight excluding hydrogens is 339 g/mol. The normalized spacial score (nSPS) is 15.4. The lowest BCUT2D eigenvalue weighted by Crippen LogP contribution is -2.22. The van der Waals surface area contributed by atoms with Gasteiger partial charge in [-0.15, -0.1) is 11.3 Å². The maximum atomic E-state index is 13.4. The number of halogens is 3. The Morgan fingerprint density at radius 3 is 2.67 bits per heavy atom. The monoisotopic (exact) mass is 355 g/mol. The molecule has 2 heterocycles. The van der Waals surface area contributed by atoms with Crippen molar-refractivity contribution in [3.63, 3.8) is 0 Å². The minimum atomic E-state index is -4.40. The molecule has 1 aliphatic heterocycles. The highest BCUT2D eigenvalue weighted by Gasteiger charge is 2.35. The number of nitrogen functional groups attached to an aromatic ring is 1. The quantitative estimate of drug-likeness (QED) is 0.647. The smallest absolute Gasteiger partial charge is 0.383 e. The SMILES string of the molecule is Nc1csc(NN=Cc2ccc(N3CCCC3)c(C(F)(F)F)c2)n1. The number of hydrogen-bond donors (Lipinski definition) is 2. The Labute approximate surface area is 141 Å². The average molecular weight is 355 g/mol. The number of nitrogens with one attached hydrogen (secondary N) is 1. The topological polar surface area (TPSA) is 66.5 Å². The van der Waals surface area contributed by atoms with Gasteiger partial charge in [0.15, 0.2) is 0 Å².